The van der Waals surface area contributed by atoms with E-state index in [4.69, 9.17) is 0 Å². The van der Waals surface area contributed by atoms with Crippen LogP contribution in [0.5, 0.6) is 0 Å². The van der Waals surface area contributed by atoms with Gasteiger partial charge in [0.15, 0.2) is 0 Å². The van der Waals surface area contributed by atoms with Crippen molar-refractivity contribution in [1.82, 2.24) is 35.1 Å². The molecule has 2 amide bonds. The fourth-order valence-corrected chi connectivity index (χ4v) is 3.32. The molecule has 0 bridgehead atoms. The van der Waals surface area contributed by atoms with Crippen LogP contribution in [0.15, 0.2) is 43.1 Å². The van der Waals surface area contributed by atoms with E-state index in [2.05, 4.69) is 30.8 Å². The summed E-state index contributed by atoms with van der Waals surface area (Å²) in [6.45, 7) is 1.09. The summed E-state index contributed by atoms with van der Waals surface area (Å²) in [5.41, 5.74) is 2.19. The monoisotopic (exact) mass is 380 g/mol. The summed E-state index contributed by atoms with van der Waals surface area (Å²) in [7, 11) is 0. The summed E-state index contributed by atoms with van der Waals surface area (Å²) in [4.78, 5) is 33.9. The molecule has 1 aliphatic rings. The Morgan fingerprint density at radius 3 is 3.04 bits per heavy atom. The second-order valence-corrected chi connectivity index (χ2v) is 6.73. The number of tetrazole rings is 1. The zero-order chi connectivity index (χ0) is 19.3. The number of anilines is 1. The minimum absolute atomic E-state index is 0.00225. The van der Waals surface area contributed by atoms with Gasteiger partial charge in [0, 0.05) is 30.7 Å². The van der Waals surface area contributed by atoms with Crippen LogP contribution in [0.2, 0.25) is 0 Å². The maximum absolute atomic E-state index is 12.7. The van der Waals surface area contributed by atoms with E-state index in [1.54, 1.807) is 23.5 Å². The van der Waals surface area contributed by atoms with Crippen LogP contribution in [0, 0.1) is 5.92 Å². The summed E-state index contributed by atoms with van der Waals surface area (Å²) in [5.74, 6) is -0.327. The number of H-pyrrole nitrogens is 1. The Bertz CT molecular complexity index is 938. The highest BCUT2D eigenvalue weighted by atomic mass is 16.2. The van der Waals surface area contributed by atoms with Crippen LogP contribution >= 0.6 is 0 Å². The fraction of sp³-hybridized carbons (Fsp3) is 0.333. The molecule has 28 heavy (non-hydrogen) atoms. The van der Waals surface area contributed by atoms with Gasteiger partial charge in [-0.3, -0.25) is 9.59 Å². The van der Waals surface area contributed by atoms with Crippen LogP contribution in [-0.2, 0) is 16.0 Å². The molecular formula is C18H20N8O2. The number of carbonyl (C=O) groups excluding carboxylic acids is 2. The second kappa shape index (κ2) is 7.99. The first-order chi connectivity index (χ1) is 13.7. The number of aromatic nitrogens is 6. The molecular weight excluding hydrogens is 360 g/mol. The third-order valence-corrected chi connectivity index (χ3v) is 4.77. The molecule has 1 atom stereocenters. The number of nitrogens with one attached hydrogen (secondary N) is 2. The number of hydrogen-bond donors (Lipinski definition) is 2. The third kappa shape index (κ3) is 4.05. The topological polar surface area (TPSA) is 122 Å². The van der Waals surface area contributed by atoms with Crippen LogP contribution in [0.1, 0.15) is 18.5 Å². The van der Waals surface area contributed by atoms with Crippen molar-refractivity contribution >= 4 is 17.5 Å². The van der Waals surface area contributed by atoms with Gasteiger partial charge < -0.3 is 15.2 Å². The molecule has 4 rings (SSSR count). The minimum atomic E-state index is -0.240. The van der Waals surface area contributed by atoms with E-state index in [1.807, 2.05) is 18.2 Å². The van der Waals surface area contributed by atoms with Gasteiger partial charge in [-0.2, -0.15) is 0 Å². The number of amides is 2. The highest BCUT2D eigenvalue weighted by Gasteiger charge is 2.28. The highest BCUT2D eigenvalue weighted by Crippen LogP contribution is 2.20. The number of hydrogen-bond acceptors (Lipinski definition) is 6. The molecule has 10 nitrogen and oxygen atoms in total. The Morgan fingerprint density at radius 2 is 2.25 bits per heavy atom. The Labute approximate surface area is 161 Å². The first kappa shape index (κ1) is 17.8. The minimum Gasteiger partial charge on any atom is -0.348 e. The molecule has 1 aliphatic heterocycles. The number of benzene rings is 1. The fourth-order valence-electron chi connectivity index (χ4n) is 3.32. The first-order valence-electron chi connectivity index (χ1n) is 9.08. The zero-order valence-electron chi connectivity index (χ0n) is 15.2. The number of piperidine rings is 1. The molecule has 0 saturated carbocycles. The number of rotatable bonds is 5. The Morgan fingerprint density at radius 1 is 1.32 bits per heavy atom. The van der Waals surface area contributed by atoms with Gasteiger partial charge in [0.05, 0.1) is 24.4 Å². The van der Waals surface area contributed by atoms with Gasteiger partial charge in [-0.1, -0.05) is 6.07 Å². The van der Waals surface area contributed by atoms with E-state index < -0.39 is 0 Å². The van der Waals surface area contributed by atoms with E-state index in [0.29, 0.717) is 18.8 Å². The van der Waals surface area contributed by atoms with Gasteiger partial charge in [0.1, 0.15) is 6.33 Å². The Hall–Kier alpha value is -3.56. The number of likely N-dealkylation sites (tertiary alicyclic amines) is 1. The van der Waals surface area contributed by atoms with Gasteiger partial charge in [0.25, 0.3) is 0 Å². The lowest BCUT2D eigenvalue weighted by Crippen LogP contribution is -2.44. The summed E-state index contributed by atoms with van der Waals surface area (Å²) in [5, 5.41) is 14.0. The molecule has 0 aliphatic carbocycles. The van der Waals surface area contributed by atoms with E-state index in [9.17, 15) is 9.59 Å². The molecule has 1 unspecified atom stereocenters. The van der Waals surface area contributed by atoms with Crippen LogP contribution in [0.25, 0.3) is 5.69 Å². The van der Waals surface area contributed by atoms with Crippen molar-refractivity contribution in [3.8, 4) is 5.69 Å². The summed E-state index contributed by atoms with van der Waals surface area (Å²) in [6, 6.07) is 7.30. The van der Waals surface area contributed by atoms with Crippen LogP contribution < -0.4 is 5.32 Å². The van der Waals surface area contributed by atoms with Gasteiger partial charge >= 0.3 is 0 Å². The van der Waals surface area contributed by atoms with Crippen molar-refractivity contribution in [1.29, 1.82) is 0 Å². The number of nitrogens with zero attached hydrogens (tertiary/aromatic N) is 6. The SMILES string of the molecule is O=C(Nc1cccc(-n2cnnn2)c1)C1CCCN(C(=O)Cc2cnc[nH]2)C1. The quantitative estimate of drug-likeness (QED) is 0.675. The highest BCUT2D eigenvalue weighted by molar-refractivity contribution is 5.93. The molecule has 0 radical (unpaired) electrons. The van der Waals surface area contributed by atoms with Gasteiger partial charge in [0.2, 0.25) is 11.8 Å². The molecule has 0 spiro atoms. The number of imidazole rings is 1. The lowest BCUT2D eigenvalue weighted by Gasteiger charge is -2.32. The summed E-state index contributed by atoms with van der Waals surface area (Å²) >= 11 is 0. The standard InChI is InChI=1S/C18H20N8O2/c27-17(8-15-9-19-11-20-15)25-6-2-3-13(10-25)18(28)22-14-4-1-5-16(7-14)26-12-21-23-24-26/h1,4-5,7,9,11-13H,2-3,6,8,10H2,(H,19,20)(H,22,28). The molecule has 1 aromatic carbocycles. The van der Waals surface area contributed by atoms with E-state index in [-0.39, 0.29) is 24.2 Å². The summed E-state index contributed by atoms with van der Waals surface area (Å²) < 4.78 is 1.52. The lowest BCUT2D eigenvalue weighted by atomic mass is 9.96. The average molecular weight is 380 g/mol. The average Bonchev–Trinajstić information content (AvgIpc) is 3.42. The Kier molecular flexibility index (Phi) is 5.09. The van der Waals surface area contributed by atoms with Crippen molar-refractivity contribution in [2.24, 2.45) is 5.92 Å². The number of carbonyl (C=O) groups is 2. The Balaban J connectivity index is 1.38. The van der Waals surface area contributed by atoms with Gasteiger partial charge in [-0.15, -0.1) is 5.10 Å². The molecule has 2 N–H and O–H groups in total. The van der Waals surface area contributed by atoms with Crippen molar-refractivity contribution in [2.75, 3.05) is 18.4 Å². The summed E-state index contributed by atoms with van der Waals surface area (Å²) in [6.07, 6.45) is 6.51. The molecule has 144 valence electrons. The molecule has 1 fully saturated rings. The largest absolute Gasteiger partial charge is 0.348 e. The first-order valence-corrected chi connectivity index (χ1v) is 9.08. The van der Waals surface area contributed by atoms with Crippen molar-refractivity contribution in [3.05, 3.63) is 48.8 Å². The molecule has 10 heteroatoms. The van der Waals surface area contributed by atoms with Crippen molar-refractivity contribution in [3.63, 3.8) is 0 Å². The molecule has 3 heterocycles. The molecule has 2 aromatic heterocycles. The smallest absolute Gasteiger partial charge is 0.229 e. The van der Waals surface area contributed by atoms with Gasteiger partial charge in [-0.25, -0.2) is 9.67 Å². The maximum atomic E-state index is 12.7. The van der Waals surface area contributed by atoms with E-state index >= 15 is 0 Å². The molecule has 3 aromatic rings. The predicted molar refractivity (Wildman–Crippen MR) is 99.4 cm³/mol. The van der Waals surface area contributed by atoms with Gasteiger partial charge in [-0.05, 0) is 41.5 Å². The maximum Gasteiger partial charge on any atom is 0.229 e. The van der Waals surface area contributed by atoms with Crippen LogP contribution in [0.3, 0.4) is 0 Å². The normalized spacial score (nSPS) is 16.7. The zero-order valence-corrected chi connectivity index (χ0v) is 15.2. The van der Waals surface area contributed by atoms with Crippen LogP contribution in [0.4, 0.5) is 5.69 Å². The van der Waals surface area contributed by atoms with Crippen molar-refractivity contribution in [2.45, 2.75) is 19.3 Å². The predicted octanol–water partition coefficient (Wildman–Crippen LogP) is 0.805. The molecule has 1 saturated heterocycles. The van der Waals surface area contributed by atoms with Crippen LogP contribution in [-0.4, -0.2) is 60.0 Å². The second-order valence-electron chi connectivity index (χ2n) is 6.73. The lowest BCUT2D eigenvalue weighted by molar-refractivity contribution is -0.134. The number of aromatic amines is 1. The third-order valence-electron chi connectivity index (χ3n) is 4.77. The van der Waals surface area contributed by atoms with E-state index in [0.717, 1.165) is 24.2 Å². The van der Waals surface area contributed by atoms with Crippen molar-refractivity contribution < 1.29 is 9.59 Å². The van der Waals surface area contributed by atoms with E-state index in [1.165, 1.54) is 11.0 Å².